The van der Waals surface area contributed by atoms with Gasteiger partial charge in [-0.3, -0.25) is 9.79 Å². The van der Waals surface area contributed by atoms with Crippen LogP contribution in [-0.4, -0.2) is 58.5 Å². The summed E-state index contributed by atoms with van der Waals surface area (Å²) in [5.74, 6) is -1.50. The SMILES string of the molecule is C=CC1=C[C@H]2[C@H]3OC4(CC[C@@H](O4)[C@H](C)C[C@H](O)C3=O)C[C@@H](O)C3=NCC[C@]32CC1. The van der Waals surface area contributed by atoms with E-state index in [0.29, 0.717) is 25.8 Å². The predicted molar refractivity (Wildman–Crippen MR) is 107 cm³/mol. The fourth-order valence-corrected chi connectivity index (χ4v) is 6.43. The van der Waals surface area contributed by atoms with Crippen molar-refractivity contribution in [3.05, 3.63) is 24.3 Å². The van der Waals surface area contributed by atoms with Gasteiger partial charge in [-0.15, -0.1) is 0 Å². The van der Waals surface area contributed by atoms with Crippen LogP contribution in [0.3, 0.4) is 0 Å². The normalized spacial score (nSPS) is 49.4. The number of fused-ring (bicyclic) bond motifs is 3. The fraction of sp³-hybridized carbons (Fsp3) is 0.739. The van der Waals surface area contributed by atoms with Crippen molar-refractivity contribution >= 4 is 11.5 Å². The van der Waals surface area contributed by atoms with E-state index < -0.39 is 29.5 Å². The van der Waals surface area contributed by atoms with Crippen LogP contribution in [0.25, 0.3) is 0 Å². The molecule has 0 saturated carbocycles. The van der Waals surface area contributed by atoms with Gasteiger partial charge in [0.15, 0.2) is 11.6 Å². The van der Waals surface area contributed by atoms with Crippen molar-refractivity contribution in [2.45, 2.75) is 82.1 Å². The van der Waals surface area contributed by atoms with E-state index >= 15 is 0 Å². The van der Waals surface area contributed by atoms with Crippen LogP contribution in [0.1, 0.15) is 51.9 Å². The third-order valence-corrected chi connectivity index (χ3v) is 8.01. The van der Waals surface area contributed by atoms with Gasteiger partial charge in [-0.1, -0.05) is 31.2 Å². The molecular formula is C23H31NO5. The fourth-order valence-electron chi connectivity index (χ4n) is 6.43. The Morgan fingerprint density at radius 1 is 1.24 bits per heavy atom. The summed E-state index contributed by atoms with van der Waals surface area (Å²) in [7, 11) is 0. The monoisotopic (exact) mass is 401 g/mol. The highest BCUT2D eigenvalue weighted by Crippen LogP contribution is 2.54. The number of nitrogens with zero attached hydrogens (tertiary/aromatic N) is 1. The molecule has 4 aliphatic heterocycles. The Bertz CT molecular complexity index is 790. The number of rotatable bonds is 1. The second-order valence-electron chi connectivity index (χ2n) is 9.64. The first kappa shape index (κ1) is 19.6. The molecule has 0 aromatic carbocycles. The molecule has 1 aliphatic carbocycles. The molecule has 0 aromatic rings. The number of aliphatic hydroxyl groups excluding tert-OH is 2. The topological polar surface area (TPSA) is 88.3 Å². The van der Waals surface area contributed by atoms with Crippen LogP contribution in [0.5, 0.6) is 0 Å². The quantitative estimate of drug-likeness (QED) is 0.704. The minimum absolute atomic E-state index is 0.0486. The molecule has 0 radical (unpaired) electrons. The predicted octanol–water partition coefficient (Wildman–Crippen LogP) is 2.33. The summed E-state index contributed by atoms with van der Waals surface area (Å²) in [6.45, 7) is 6.59. The molecule has 158 valence electrons. The zero-order valence-electron chi connectivity index (χ0n) is 17.0. The highest BCUT2D eigenvalue weighted by atomic mass is 16.7. The lowest BCUT2D eigenvalue weighted by Crippen LogP contribution is -2.58. The van der Waals surface area contributed by atoms with Crippen molar-refractivity contribution in [3.8, 4) is 0 Å². The average Bonchev–Trinajstić information content (AvgIpc) is 3.31. The van der Waals surface area contributed by atoms with Crippen molar-refractivity contribution in [1.82, 2.24) is 0 Å². The van der Waals surface area contributed by atoms with Gasteiger partial charge in [0.05, 0.1) is 12.2 Å². The molecule has 6 heteroatoms. The van der Waals surface area contributed by atoms with E-state index in [-0.39, 0.29) is 23.7 Å². The van der Waals surface area contributed by atoms with E-state index in [4.69, 9.17) is 14.5 Å². The molecule has 0 aromatic heterocycles. The number of allylic oxidation sites excluding steroid dienone is 2. The molecule has 8 atom stereocenters. The van der Waals surface area contributed by atoms with Gasteiger partial charge in [0.1, 0.15) is 12.2 Å². The van der Waals surface area contributed by atoms with Gasteiger partial charge in [0.2, 0.25) is 0 Å². The molecule has 3 saturated heterocycles. The first-order valence-corrected chi connectivity index (χ1v) is 11.0. The molecule has 5 aliphatic rings. The van der Waals surface area contributed by atoms with Crippen LogP contribution in [-0.2, 0) is 14.3 Å². The summed E-state index contributed by atoms with van der Waals surface area (Å²) in [6, 6.07) is 0. The van der Waals surface area contributed by atoms with Crippen LogP contribution in [0.2, 0.25) is 0 Å². The van der Waals surface area contributed by atoms with Crippen molar-refractivity contribution in [1.29, 1.82) is 0 Å². The minimum atomic E-state index is -1.07. The van der Waals surface area contributed by atoms with E-state index in [2.05, 4.69) is 12.7 Å². The van der Waals surface area contributed by atoms with Crippen molar-refractivity contribution < 1.29 is 24.5 Å². The zero-order valence-corrected chi connectivity index (χ0v) is 17.0. The third kappa shape index (κ3) is 2.91. The minimum Gasteiger partial charge on any atom is -0.387 e. The van der Waals surface area contributed by atoms with E-state index in [0.717, 1.165) is 37.0 Å². The maximum absolute atomic E-state index is 13.5. The van der Waals surface area contributed by atoms with Crippen molar-refractivity contribution in [2.24, 2.45) is 22.2 Å². The number of ether oxygens (including phenoxy) is 2. The molecular weight excluding hydrogens is 370 g/mol. The number of hydrogen-bond acceptors (Lipinski definition) is 6. The maximum Gasteiger partial charge on any atom is 0.190 e. The van der Waals surface area contributed by atoms with Gasteiger partial charge >= 0.3 is 0 Å². The number of aliphatic hydroxyl groups is 2. The summed E-state index contributed by atoms with van der Waals surface area (Å²) >= 11 is 0. The molecule has 1 unspecified atom stereocenters. The lowest BCUT2D eigenvalue weighted by atomic mass is 9.59. The van der Waals surface area contributed by atoms with E-state index in [9.17, 15) is 15.0 Å². The second kappa shape index (κ2) is 6.84. The van der Waals surface area contributed by atoms with Crippen LogP contribution in [0, 0.1) is 17.3 Å². The molecule has 2 spiro atoms. The van der Waals surface area contributed by atoms with Gasteiger partial charge in [0.25, 0.3) is 0 Å². The molecule has 0 amide bonds. The molecule has 2 N–H and O–H groups in total. The van der Waals surface area contributed by atoms with Gasteiger partial charge in [0, 0.05) is 36.4 Å². The summed E-state index contributed by atoms with van der Waals surface area (Å²) in [6.07, 6.45) is 5.79. The third-order valence-electron chi connectivity index (χ3n) is 8.01. The number of carbonyl (C=O) groups excluding carboxylic acids is 1. The standard InChI is InChI=1S/C23H31NO5/c1-3-14-4-6-22-8-9-24-21(22)17(26)12-23-7-5-18(28-23)13(2)10-16(25)19(27)20(29-23)15(22)11-14/h3,11,13,15-18,20,25-26H,1,4-10,12H2,2H3/t13-,15+,16+,17-,18-,20-,22+,23?/m1/s1. The van der Waals surface area contributed by atoms with Crippen molar-refractivity contribution in [2.75, 3.05) is 6.54 Å². The molecule has 3 bridgehead atoms. The van der Waals surface area contributed by atoms with Gasteiger partial charge in [-0.05, 0) is 38.0 Å². The number of ketones is 1. The van der Waals surface area contributed by atoms with Gasteiger partial charge < -0.3 is 19.7 Å². The molecule has 6 nitrogen and oxygen atoms in total. The second-order valence-corrected chi connectivity index (χ2v) is 9.64. The largest absolute Gasteiger partial charge is 0.387 e. The van der Waals surface area contributed by atoms with Gasteiger partial charge in [-0.2, -0.15) is 0 Å². The average molecular weight is 402 g/mol. The summed E-state index contributed by atoms with van der Waals surface area (Å²) in [5.41, 5.74) is 1.49. The highest BCUT2D eigenvalue weighted by molar-refractivity contribution is 5.98. The Kier molecular flexibility index (Phi) is 4.63. The van der Waals surface area contributed by atoms with E-state index in [1.807, 2.05) is 13.0 Å². The molecule has 4 heterocycles. The lowest BCUT2D eigenvalue weighted by molar-refractivity contribution is -0.268. The van der Waals surface area contributed by atoms with Crippen molar-refractivity contribution in [3.63, 3.8) is 0 Å². The molecule has 5 rings (SSSR count). The Morgan fingerprint density at radius 3 is 2.86 bits per heavy atom. The molecule has 29 heavy (non-hydrogen) atoms. The van der Waals surface area contributed by atoms with Gasteiger partial charge in [-0.25, -0.2) is 0 Å². The zero-order chi connectivity index (χ0) is 20.4. The summed E-state index contributed by atoms with van der Waals surface area (Å²) in [4.78, 5) is 18.2. The Hall–Kier alpha value is -1.34. The summed E-state index contributed by atoms with van der Waals surface area (Å²) in [5, 5.41) is 22.0. The first-order chi connectivity index (χ1) is 13.9. The van der Waals surface area contributed by atoms with E-state index in [1.54, 1.807) is 0 Å². The number of hydrogen-bond donors (Lipinski definition) is 2. The van der Waals surface area contributed by atoms with E-state index in [1.165, 1.54) is 0 Å². The summed E-state index contributed by atoms with van der Waals surface area (Å²) < 4.78 is 12.9. The highest BCUT2D eigenvalue weighted by Gasteiger charge is 2.60. The number of aliphatic imine (C=N–C) groups is 1. The Labute approximate surface area is 171 Å². The van der Waals surface area contributed by atoms with Crippen LogP contribution >= 0.6 is 0 Å². The van der Waals surface area contributed by atoms with Crippen LogP contribution < -0.4 is 0 Å². The van der Waals surface area contributed by atoms with Crippen LogP contribution in [0.15, 0.2) is 29.3 Å². The lowest BCUT2D eigenvalue weighted by Gasteiger charge is -2.49. The Morgan fingerprint density at radius 2 is 2.07 bits per heavy atom. The smallest absolute Gasteiger partial charge is 0.190 e. The molecule has 3 fully saturated rings. The number of carbonyl (C=O) groups is 1. The van der Waals surface area contributed by atoms with Crippen LogP contribution in [0.4, 0.5) is 0 Å². The number of Topliss-reactive ketones (excluding diaryl/α,β-unsaturated/α-hetero) is 1. The maximum atomic E-state index is 13.5. The Balaban J connectivity index is 1.67. The first-order valence-electron chi connectivity index (χ1n) is 11.0.